The van der Waals surface area contributed by atoms with E-state index in [4.69, 9.17) is 5.73 Å². The van der Waals surface area contributed by atoms with Crippen molar-refractivity contribution < 1.29 is 31.5 Å². The van der Waals surface area contributed by atoms with Crippen molar-refractivity contribution in [2.45, 2.75) is 37.4 Å². The molecule has 1 heterocycles. The second kappa shape index (κ2) is 8.73. The van der Waals surface area contributed by atoms with Crippen LogP contribution in [0.25, 0.3) is 0 Å². The molecule has 158 valence electrons. The maximum atomic E-state index is 14.3. The van der Waals surface area contributed by atoms with E-state index in [1.807, 2.05) is 6.07 Å². The lowest BCUT2D eigenvalue weighted by Crippen LogP contribution is -2.58. The van der Waals surface area contributed by atoms with Crippen molar-refractivity contribution >= 4 is 11.8 Å². The van der Waals surface area contributed by atoms with Crippen LogP contribution < -0.4 is 11.1 Å². The number of carbonyl (C=O) groups excluding carboxylic acids is 2. The zero-order valence-electron chi connectivity index (χ0n) is 15.3. The second-order valence-electron chi connectivity index (χ2n) is 6.74. The zero-order chi connectivity index (χ0) is 21.8. The summed E-state index contributed by atoms with van der Waals surface area (Å²) in [6, 6.07) is 3.45. The molecule has 0 saturated carbocycles. The SMILES string of the molecule is N#CC1(N(CC(F)(F)F)C(=O)CCc2c(F)ccc(C(N)=O)c2F)CCNCC1. The summed E-state index contributed by atoms with van der Waals surface area (Å²) < 4.78 is 67.5. The molecule has 0 bridgehead atoms. The van der Waals surface area contributed by atoms with Gasteiger partial charge in [0, 0.05) is 12.0 Å². The van der Waals surface area contributed by atoms with Gasteiger partial charge in [-0.15, -0.1) is 0 Å². The number of primary amides is 1. The number of benzene rings is 1. The van der Waals surface area contributed by atoms with E-state index in [1.54, 1.807) is 0 Å². The van der Waals surface area contributed by atoms with Crippen molar-refractivity contribution in [1.29, 1.82) is 5.26 Å². The molecule has 1 saturated heterocycles. The van der Waals surface area contributed by atoms with E-state index in [-0.39, 0.29) is 25.9 Å². The number of hydrogen-bond donors (Lipinski definition) is 2. The first kappa shape index (κ1) is 22.5. The molecule has 1 aliphatic rings. The van der Waals surface area contributed by atoms with Crippen LogP contribution in [-0.2, 0) is 11.2 Å². The Bertz CT molecular complexity index is 829. The maximum absolute atomic E-state index is 14.3. The Morgan fingerprint density at radius 2 is 1.86 bits per heavy atom. The Hall–Kier alpha value is -2.74. The van der Waals surface area contributed by atoms with Gasteiger partial charge < -0.3 is 16.0 Å². The highest BCUT2D eigenvalue weighted by Gasteiger charge is 2.46. The monoisotopic (exact) mass is 418 g/mol. The molecule has 0 atom stereocenters. The molecule has 1 aromatic rings. The third-order valence-electron chi connectivity index (χ3n) is 4.83. The number of hydrogen-bond acceptors (Lipinski definition) is 4. The highest BCUT2D eigenvalue weighted by molar-refractivity contribution is 5.93. The molecule has 0 spiro atoms. The predicted molar refractivity (Wildman–Crippen MR) is 91.4 cm³/mol. The zero-order valence-corrected chi connectivity index (χ0v) is 15.3. The summed E-state index contributed by atoms with van der Waals surface area (Å²) in [5, 5.41) is 12.4. The molecule has 11 heteroatoms. The van der Waals surface area contributed by atoms with E-state index in [0.717, 1.165) is 12.1 Å². The molecule has 0 aromatic heterocycles. The molecule has 1 aliphatic heterocycles. The molecule has 1 fully saturated rings. The van der Waals surface area contributed by atoms with Crippen molar-refractivity contribution in [3.63, 3.8) is 0 Å². The van der Waals surface area contributed by atoms with Crippen molar-refractivity contribution in [2.24, 2.45) is 5.73 Å². The minimum atomic E-state index is -4.76. The topological polar surface area (TPSA) is 99.2 Å². The summed E-state index contributed by atoms with van der Waals surface area (Å²) in [5.41, 5.74) is 2.12. The molecule has 0 aliphatic carbocycles. The number of nitrogens with zero attached hydrogens (tertiary/aromatic N) is 2. The fraction of sp³-hybridized carbons (Fsp3) is 0.500. The van der Waals surface area contributed by atoms with Crippen LogP contribution in [0.4, 0.5) is 22.0 Å². The highest BCUT2D eigenvalue weighted by atomic mass is 19.4. The van der Waals surface area contributed by atoms with E-state index in [0.29, 0.717) is 4.90 Å². The van der Waals surface area contributed by atoms with Gasteiger partial charge in [-0.1, -0.05) is 0 Å². The molecule has 2 amide bonds. The number of amides is 2. The predicted octanol–water partition coefficient (Wildman–Crippen LogP) is 2.03. The number of alkyl halides is 3. The summed E-state index contributed by atoms with van der Waals surface area (Å²) >= 11 is 0. The summed E-state index contributed by atoms with van der Waals surface area (Å²) in [7, 11) is 0. The number of rotatable bonds is 6. The van der Waals surface area contributed by atoms with Gasteiger partial charge in [0.15, 0.2) is 0 Å². The Kier molecular flexibility index (Phi) is 6.79. The van der Waals surface area contributed by atoms with Crippen LogP contribution >= 0.6 is 0 Å². The van der Waals surface area contributed by atoms with E-state index in [2.05, 4.69) is 5.32 Å². The third kappa shape index (κ3) is 5.20. The van der Waals surface area contributed by atoms with Crippen molar-refractivity contribution in [3.8, 4) is 6.07 Å². The van der Waals surface area contributed by atoms with Crippen molar-refractivity contribution in [2.75, 3.05) is 19.6 Å². The number of piperidine rings is 1. The van der Waals surface area contributed by atoms with Gasteiger partial charge in [0.05, 0.1) is 11.6 Å². The third-order valence-corrected chi connectivity index (χ3v) is 4.83. The average molecular weight is 418 g/mol. The van der Waals surface area contributed by atoms with Crippen molar-refractivity contribution in [1.82, 2.24) is 10.2 Å². The van der Waals surface area contributed by atoms with Gasteiger partial charge in [0.2, 0.25) is 5.91 Å². The Morgan fingerprint density at radius 1 is 1.24 bits per heavy atom. The van der Waals surface area contributed by atoms with Gasteiger partial charge in [0.25, 0.3) is 5.91 Å². The standard InChI is InChI=1S/C18H19F5N4O2/c19-13-3-1-12(16(25)29)15(20)11(13)2-4-14(28)27(10-18(21,22)23)17(9-24)5-7-26-8-6-17/h1,3,26H,2,4-8,10H2,(H2,25,29). The molecule has 0 radical (unpaired) electrons. The minimum Gasteiger partial charge on any atom is -0.366 e. The van der Waals surface area contributed by atoms with Crippen LogP contribution in [0, 0.1) is 23.0 Å². The first-order chi connectivity index (χ1) is 13.5. The fourth-order valence-corrected chi connectivity index (χ4v) is 3.32. The Labute approximate surface area is 163 Å². The second-order valence-corrected chi connectivity index (χ2v) is 6.74. The summed E-state index contributed by atoms with van der Waals surface area (Å²) in [6.07, 6.45) is -6.04. The van der Waals surface area contributed by atoms with E-state index < -0.39 is 65.7 Å². The summed E-state index contributed by atoms with van der Waals surface area (Å²) in [6.45, 7) is -1.15. The number of carbonyl (C=O) groups is 2. The van der Waals surface area contributed by atoms with Crippen LogP contribution in [0.5, 0.6) is 0 Å². The first-order valence-corrected chi connectivity index (χ1v) is 8.76. The lowest BCUT2D eigenvalue weighted by molar-refractivity contribution is -0.171. The molecular weight excluding hydrogens is 399 g/mol. The van der Waals surface area contributed by atoms with Crippen LogP contribution in [0.3, 0.4) is 0 Å². The lowest BCUT2D eigenvalue weighted by Gasteiger charge is -2.42. The maximum Gasteiger partial charge on any atom is 0.406 e. The summed E-state index contributed by atoms with van der Waals surface area (Å²) in [4.78, 5) is 24.3. The highest BCUT2D eigenvalue weighted by Crippen LogP contribution is 2.31. The number of nitriles is 1. The van der Waals surface area contributed by atoms with Crippen LogP contribution in [0.1, 0.15) is 35.2 Å². The van der Waals surface area contributed by atoms with E-state index in [1.165, 1.54) is 0 Å². The number of halogens is 5. The van der Waals surface area contributed by atoms with Crippen LogP contribution in [0.15, 0.2) is 12.1 Å². The van der Waals surface area contributed by atoms with Crippen LogP contribution in [-0.4, -0.2) is 48.1 Å². The van der Waals surface area contributed by atoms with Gasteiger partial charge in [-0.2, -0.15) is 18.4 Å². The van der Waals surface area contributed by atoms with Gasteiger partial charge in [-0.25, -0.2) is 8.78 Å². The molecule has 3 N–H and O–H groups in total. The normalized spacial score (nSPS) is 16.1. The van der Waals surface area contributed by atoms with E-state index >= 15 is 0 Å². The molecule has 29 heavy (non-hydrogen) atoms. The number of nitrogens with one attached hydrogen (secondary N) is 1. The first-order valence-electron chi connectivity index (χ1n) is 8.76. The van der Waals surface area contributed by atoms with Gasteiger partial charge in [0.1, 0.15) is 23.7 Å². The van der Waals surface area contributed by atoms with Crippen LogP contribution in [0.2, 0.25) is 0 Å². The van der Waals surface area contributed by atoms with Gasteiger partial charge in [-0.05, 0) is 44.5 Å². The molecule has 2 rings (SSSR count). The lowest BCUT2D eigenvalue weighted by atomic mass is 9.87. The molecule has 0 unspecified atom stereocenters. The quantitative estimate of drug-likeness (QED) is 0.691. The van der Waals surface area contributed by atoms with Crippen molar-refractivity contribution in [3.05, 3.63) is 34.9 Å². The largest absolute Gasteiger partial charge is 0.406 e. The van der Waals surface area contributed by atoms with Gasteiger partial charge in [-0.3, -0.25) is 9.59 Å². The number of nitrogens with two attached hydrogens (primary N) is 1. The molecular formula is C18H19F5N4O2. The minimum absolute atomic E-state index is 0.00873. The molecule has 6 nitrogen and oxygen atoms in total. The van der Waals surface area contributed by atoms with E-state index in [9.17, 15) is 36.8 Å². The smallest absolute Gasteiger partial charge is 0.366 e. The molecule has 1 aromatic carbocycles. The summed E-state index contributed by atoms with van der Waals surface area (Å²) in [5.74, 6) is -4.52. The Morgan fingerprint density at radius 3 is 2.38 bits per heavy atom. The Balaban J connectivity index is 2.28. The fourth-order valence-electron chi connectivity index (χ4n) is 3.32. The van der Waals surface area contributed by atoms with Gasteiger partial charge >= 0.3 is 6.18 Å². The average Bonchev–Trinajstić information content (AvgIpc) is 2.65.